The maximum Gasteiger partial charge on any atom is 0.251 e. The molecule has 0 aromatic heterocycles. The summed E-state index contributed by atoms with van der Waals surface area (Å²) in [5.41, 5.74) is 2.28. The molecule has 0 spiro atoms. The molecule has 1 saturated carbocycles. The first-order chi connectivity index (χ1) is 10.0. The molecule has 1 saturated heterocycles. The van der Waals surface area contributed by atoms with Crippen LogP contribution in [0.1, 0.15) is 43.5 Å². The summed E-state index contributed by atoms with van der Waals surface area (Å²) in [5, 5.41) is 6.62. The number of benzene rings is 1. The van der Waals surface area contributed by atoms with Crippen LogP contribution in [-0.2, 0) is 0 Å². The van der Waals surface area contributed by atoms with Crippen molar-refractivity contribution in [3.8, 4) is 0 Å². The third kappa shape index (κ3) is 4.16. The second kappa shape index (κ2) is 5.91. The molecule has 1 aliphatic carbocycles. The fourth-order valence-electron chi connectivity index (χ4n) is 2.80. The first-order valence-electron chi connectivity index (χ1n) is 7.77. The van der Waals surface area contributed by atoms with Gasteiger partial charge in [-0.1, -0.05) is 13.8 Å². The van der Waals surface area contributed by atoms with Crippen LogP contribution in [0.15, 0.2) is 24.3 Å². The molecule has 4 heteroatoms. The van der Waals surface area contributed by atoms with Crippen molar-refractivity contribution in [1.29, 1.82) is 0 Å². The summed E-state index contributed by atoms with van der Waals surface area (Å²) < 4.78 is 0. The van der Waals surface area contributed by atoms with Gasteiger partial charge in [-0.25, -0.2) is 0 Å². The van der Waals surface area contributed by atoms with Crippen molar-refractivity contribution >= 4 is 23.4 Å². The zero-order valence-corrected chi connectivity index (χ0v) is 13.6. The number of amides is 1. The summed E-state index contributed by atoms with van der Waals surface area (Å²) >= 11 is 2.02. The Bertz CT molecular complexity index is 508. The van der Waals surface area contributed by atoms with Gasteiger partial charge in [-0.3, -0.25) is 4.79 Å². The molecule has 0 bridgehead atoms. The van der Waals surface area contributed by atoms with Crippen LogP contribution in [0.4, 0.5) is 5.69 Å². The highest BCUT2D eigenvalue weighted by atomic mass is 32.2. The molecule has 1 aromatic rings. The predicted octanol–water partition coefficient (Wildman–Crippen LogP) is 3.52. The van der Waals surface area contributed by atoms with E-state index in [4.69, 9.17) is 0 Å². The second-order valence-corrected chi connectivity index (χ2v) is 8.08. The SMILES string of the molecule is CC1(C)CSCC(Nc2ccc(C(=O)NC3CC3)cc2)C1. The molecule has 3 rings (SSSR count). The summed E-state index contributed by atoms with van der Waals surface area (Å²) in [4.78, 5) is 11.9. The Labute approximate surface area is 131 Å². The summed E-state index contributed by atoms with van der Waals surface area (Å²) in [5.74, 6) is 2.46. The number of thioether (sulfide) groups is 1. The Morgan fingerprint density at radius 3 is 2.52 bits per heavy atom. The van der Waals surface area contributed by atoms with Crippen LogP contribution < -0.4 is 10.6 Å². The first-order valence-corrected chi connectivity index (χ1v) is 8.92. The molecule has 0 radical (unpaired) electrons. The lowest BCUT2D eigenvalue weighted by Gasteiger charge is -2.35. The molecule has 1 heterocycles. The van der Waals surface area contributed by atoms with Crippen LogP contribution in [0.2, 0.25) is 0 Å². The topological polar surface area (TPSA) is 41.1 Å². The highest BCUT2D eigenvalue weighted by molar-refractivity contribution is 7.99. The first kappa shape index (κ1) is 14.8. The molecular formula is C17H24N2OS. The molecule has 1 aromatic carbocycles. The van der Waals surface area contributed by atoms with Gasteiger partial charge in [0.25, 0.3) is 5.91 Å². The van der Waals surface area contributed by atoms with Crippen LogP contribution in [0.3, 0.4) is 0 Å². The third-order valence-electron chi connectivity index (χ3n) is 4.04. The zero-order valence-electron chi connectivity index (χ0n) is 12.8. The van der Waals surface area contributed by atoms with Crippen LogP contribution >= 0.6 is 11.8 Å². The highest BCUT2D eigenvalue weighted by Gasteiger charge is 2.28. The molecule has 2 aliphatic rings. The minimum atomic E-state index is 0.0541. The molecular weight excluding hydrogens is 280 g/mol. The van der Waals surface area contributed by atoms with Crippen LogP contribution in [0, 0.1) is 5.41 Å². The van der Waals surface area contributed by atoms with E-state index in [0.717, 1.165) is 29.8 Å². The van der Waals surface area contributed by atoms with Crippen LogP contribution in [0.25, 0.3) is 0 Å². The number of hydrogen-bond donors (Lipinski definition) is 2. The van der Waals surface area contributed by atoms with E-state index in [-0.39, 0.29) is 5.91 Å². The van der Waals surface area contributed by atoms with Gasteiger partial charge in [0.2, 0.25) is 0 Å². The summed E-state index contributed by atoms with van der Waals surface area (Å²) in [6.45, 7) is 4.66. The smallest absolute Gasteiger partial charge is 0.251 e. The van der Waals surface area contributed by atoms with E-state index in [1.54, 1.807) is 0 Å². The molecule has 1 amide bonds. The van der Waals surface area contributed by atoms with Gasteiger partial charge in [0.1, 0.15) is 0 Å². The van der Waals surface area contributed by atoms with Crippen LogP contribution in [-0.4, -0.2) is 29.5 Å². The van der Waals surface area contributed by atoms with Gasteiger partial charge in [0, 0.05) is 29.1 Å². The summed E-state index contributed by atoms with van der Waals surface area (Å²) in [7, 11) is 0. The van der Waals surface area contributed by atoms with E-state index >= 15 is 0 Å². The minimum Gasteiger partial charge on any atom is -0.381 e. The van der Waals surface area contributed by atoms with Gasteiger partial charge in [0.15, 0.2) is 0 Å². The predicted molar refractivity (Wildman–Crippen MR) is 90.1 cm³/mol. The van der Waals surface area contributed by atoms with Gasteiger partial charge >= 0.3 is 0 Å². The second-order valence-electron chi connectivity index (χ2n) is 7.05. The number of anilines is 1. The average Bonchev–Trinajstić information content (AvgIpc) is 3.22. The standard InChI is InChI=1S/C17H24N2OS/c1-17(2)9-15(10-21-11-17)18-13-5-3-12(4-6-13)16(20)19-14-7-8-14/h3-6,14-15,18H,7-11H2,1-2H3,(H,19,20). The Kier molecular flexibility index (Phi) is 4.16. The Morgan fingerprint density at radius 1 is 1.19 bits per heavy atom. The van der Waals surface area contributed by atoms with Crippen LogP contribution in [0.5, 0.6) is 0 Å². The monoisotopic (exact) mass is 304 g/mol. The van der Waals surface area contributed by atoms with Crippen molar-refractivity contribution in [3.05, 3.63) is 29.8 Å². The molecule has 1 aliphatic heterocycles. The van der Waals surface area contributed by atoms with E-state index in [2.05, 4.69) is 24.5 Å². The maximum atomic E-state index is 11.9. The van der Waals surface area contributed by atoms with Gasteiger partial charge in [-0.2, -0.15) is 11.8 Å². The summed E-state index contributed by atoms with van der Waals surface area (Å²) in [6.07, 6.45) is 3.45. The molecule has 21 heavy (non-hydrogen) atoms. The lowest BCUT2D eigenvalue weighted by Crippen LogP contribution is -2.35. The van der Waals surface area contributed by atoms with Crippen molar-refractivity contribution in [2.24, 2.45) is 5.41 Å². The maximum absolute atomic E-state index is 11.9. The molecule has 114 valence electrons. The van der Waals surface area contributed by atoms with Gasteiger partial charge in [-0.05, 0) is 54.7 Å². The van der Waals surface area contributed by atoms with E-state index in [0.29, 0.717) is 17.5 Å². The number of nitrogens with one attached hydrogen (secondary N) is 2. The Balaban J connectivity index is 1.57. The quantitative estimate of drug-likeness (QED) is 0.894. The normalized spacial score (nSPS) is 24.4. The molecule has 3 nitrogen and oxygen atoms in total. The van der Waals surface area contributed by atoms with Gasteiger partial charge in [0.05, 0.1) is 0 Å². The zero-order chi connectivity index (χ0) is 14.9. The molecule has 1 atom stereocenters. The lowest BCUT2D eigenvalue weighted by molar-refractivity contribution is 0.0951. The number of carbonyl (C=O) groups is 1. The molecule has 2 N–H and O–H groups in total. The number of carbonyl (C=O) groups excluding carboxylic acids is 1. The van der Waals surface area contributed by atoms with E-state index in [9.17, 15) is 4.79 Å². The fraction of sp³-hybridized carbons (Fsp3) is 0.588. The van der Waals surface area contributed by atoms with Crippen molar-refractivity contribution in [2.45, 2.75) is 45.2 Å². The van der Waals surface area contributed by atoms with Gasteiger partial charge in [-0.15, -0.1) is 0 Å². The van der Waals surface area contributed by atoms with Crippen molar-refractivity contribution in [3.63, 3.8) is 0 Å². The van der Waals surface area contributed by atoms with Crippen molar-refractivity contribution < 1.29 is 4.79 Å². The lowest BCUT2D eigenvalue weighted by atomic mass is 9.88. The van der Waals surface area contributed by atoms with E-state index in [1.165, 1.54) is 12.2 Å². The molecule has 1 unspecified atom stereocenters. The number of rotatable bonds is 4. The third-order valence-corrected chi connectivity index (χ3v) is 5.66. The van der Waals surface area contributed by atoms with E-state index < -0.39 is 0 Å². The Hall–Kier alpha value is -1.16. The van der Waals surface area contributed by atoms with Gasteiger partial charge < -0.3 is 10.6 Å². The van der Waals surface area contributed by atoms with E-state index in [1.807, 2.05) is 36.0 Å². The molecule has 2 fully saturated rings. The average molecular weight is 304 g/mol. The largest absolute Gasteiger partial charge is 0.381 e. The highest BCUT2D eigenvalue weighted by Crippen LogP contribution is 2.34. The van der Waals surface area contributed by atoms with Crippen molar-refractivity contribution in [1.82, 2.24) is 5.32 Å². The Morgan fingerprint density at radius 2 is 1.90 bits per heavy atom. The minimum absolute atomic E-state index is 0.0541. The number of hydrogen-bond acceptors (Lipinski definition) is 3. The van der Waals surface area contributed by atoms with Crippen molar-refractivity contribution in [2.75, 3.05) is 16.8 Å². The fourth-order valence-corrected chi connectivity index (χ4v) is 4.08. The summed E-state index contributed by atoms with van der Waals surface area (Å²) in [6, 6.07) is 8.81.